The minimum atomic E-state index is -4.52. The van der Waals surface area contributed by atoms with E-state index in [1.54, 1.807) is 6.07 Å². The molecule has 0 bridgehead atoms. The molecule has 0 N–H and O–H groups in total. The molecule has 2 heterocycles. The second-order valence-corrected chi connectivity index (χ2v) is 10.3. The molecule has 0 spiro atoms. The first kappa shape index (κ1) is 23.7. The number of halogens is 5. The van der Waals surface area contributed by atoms with Crippen molar-refractivity contribution in [1.82, 2.24) is 13.9 Å². The number of fused-ring (bicyclic) bond motifs is 1. The minimum absolute atomic E-state index is 0.0842. The van der Waals surface area contributed by atoms with Gasteiger partial charge in [-0.15, -0.1) is 0 Å². The highest BCUT2D eigenvalue weighted by atomic mass is 35.5. The number of benzene rings is 2. The lowest BCUT2D eigenvalue weighted by Gasteiger charge is -2.30. The van der Waals surface area contributed by atoms with Crippen LogP contribution in [-0.2, 0) is 29.2 Å². The van der Waals surface area contributed by atoms with Crippen molar-refractivity contribution in [2.24, 2.45) is 0 Å². The molecule has 0 saturated carbocycles. The molecule has 0 saturated heterocycles. The molecular weight excluding hydrogens is 502 g/mol. The van der Waals surface area contributed by atoms with Gasteiger partial charge in [-0.2, -0.15) is 22.5 Å². The maximum Gasteiger partial charge on any atom is 0.416 e. The number of hydrogen-bond acceptors (Lipinski definition) is 4. The van der Waals surface area contributed by atoms with Crippen molar-refractivity contribution in [3.05, 3.63) is 79.8 Å². The Morgan fingerprint density at radius 3 is 2.27 bits per heavy atom. The van der Waals surface area contributed by atoms with Crippen LogP contribution in [0.1, 0.15) is 16.8 Å². The number of sulfonamides is 1. The monoisotopic (exact) mass is 517 g/mol. The van der Waals surface area contributed by atoms with Gasteiger partial charge in [-0.05, 0) is 30.3 Å². The highest BCUT2D eigenvalue weighted by Crippen LogP contribution is 2.34. The van der Waals surface area contributed by atoms with Gasteiger partial charge in [0.2, 0.25) is 10.0 Å². The van der Waals surface area contributed by atoms with E-state index in [9.17, 15) is 26.4 Å². The predicted molar refractivity (Wildman–Crippen MR) is 119 cm³/mol. The maximum absolute atomic E-state index is 13.1. The van der Waals surface area contributed by atoms with E-state index in [0.29, 0.717) is 22.0 Å². The highest BCUT2D eigenvalue weighted by Gasteiger charge is 2.32. The zero-order valence-electron chi connectivity index (χ0n) is 17.0. The third-order valence-electron chi connectivity index (χ3n) is 5.35. The van der Waals surface area contributed by atoms with Crippen molar-refractivity contribution in [3.8, 4) is 16.9 Å². The van der Waals surface area contributed by atoms with Crippen molar-refractivity contribution in [2.75, 3.05) is 12.8 Å². The number of alkyl halides is 3. The van der Waals surface area contributed by atoms with Crippen LogP contribution in [0, 0.1) is 0 Å². The normalized spacial score (nSPS) is 14.8. The second-order valence-electron chi connectivity index (χ2n) is 7.52. The number of rotatable bonds is 3. The molecule has 0 fully saturated rings. The zero-order valence-corrected chi connectivity index (χ0v) is 19.4. The number of hydrogen-bond donors (Lipinski definition) is 0. The van der Waals surface area contributed by atoms with E-state index in [4.69, 9.17) is 23.2 Å². The Bertz CT molecular complexity index is 1410. The van der Waals surface area contributed by atoms with E-state index in [1.807, 2.05) is 0 Å². The van der Waals surface area contributed by atoms with Crippen LogP contribution >= 0.6 is 23.2 Å². The van der Waals surface area contributed by atoms with Gasteiger partial charge in [0, 0.05) is 36.3 Å². The summed E-state index contributed by atoms with van der Waals surface area (Å²) in [6.45, 7) is 0.0438. The van der Waals surface area contributed by atoms with Gasteiger partial charge in [0.1, 0.15) is 0 Å². The molecule has 1 aromatic heterocycles. The van der Waals surface area contributed by atoms with E-state index >= 15 is 0 Å². The Morgan fingerprint density at radius 2 is 1.70 bits per heavy atom. The molecule has 33 heavy (non-hydrogen) atoms. The van der Waals surface area contributed by atoms with Crippen LogP contribution in [0.4, 0.5) is 13.2 Å². The summed E-state index contributed by atoms with van der Waals surface area (Å²) in [7, 11) is -3.56. The molecule has 4 rings (SSSR count). The SMILES string of the molecule is CS(=O)(=O)N1CCc2c(c(-c3ccc(C(F)(F)F)cc3)nc(=O)n2-c2ccc(Cl)c(Cl)c2)C1. The van der Waals surface area contributed by atoms with Crippen molar-refractivity contribution < 1.29 is 21.6 Å². The first-order valence-electron chi connectivity index (χ1n) is 9.59. The van der Waals surface area contributed by atoms with E-state index in [-0.39, 0.29) is 35.8 Å². The van der Waals surface area contributed by atoms with Crippen LogP contribution < -0.4 is 5.69 Å². The molecular formula is C21H16Cl2F3N3O3S. The summed E-state index contributed by atoms with van der Waals surface area (Å²) in [5.74, 6) is 0. The summed E-state index contributed by atoms with van der Waals surface area (Å²) in [6, 6.07) is 8.82. The average molecular weight is 518 g/mol. The third kappa shape index (κ3) is 4.65. The lowest BCUT2D eigenvalue weighted by molar-refractivity contribution is -0.137. The molecule has 0 unspecified atom stereocenters. The molecule has 12 heteroatoms. The Morgan fingerprint density at radius 1 is 1.03 bits per heavy atom. The molecule has 0 aliphatic carbocycles. The lowest BCUT2D eigenvalue weighted by atomic mass is 9.99. The van der Waals surface area contributed by atoms with Gasteiger partial charge >= 0.3 is 11.9 Å². The summed E-state index contributed by atoms with van der Waals surface area (Å²) in [4.78, 5) is 17.2. The lowest BCUT2D eigenvalue weighted by Crippen LogP contribution is -2.39. The van der Waals surface area contributed by atoms with E-state index in [1.165, 1.54) is 33.1 Å². The molecule has 1 aliphatic rings. The van der Waals surface area contributed by atoms with Gasteiger partial charge < -0.3 is 0 Å². The van der Waals surface area contributed by atoms with Crippen molar-refractivity contribution >= 4 is 33.2 Å². The number of aromatic nitrogens is 2. The van der Waals surface area contributed by atoms with E-state index in [0.717, 1.165) is 18.4 Å². The average Bonchev–Trinajstić information content (AvgIpc) is 2.74. The van der Waals surface area contributed by atoms with Crippen molar-refractivity contribution in [3.63, 3.8) is 0 Å². The second kappa shape index (κ2) is 8.43. The van der Waals surface area contributed by atoms with Gasteiger partial charge in [-0.3, -0.25) is 4.57 Å². The van der Waals surface area contributed by atoms with Gasteiger partial charge in [0.05, 0.1) is 33.2 Å². The van der Waals surface area contributed by atoms with E-state index < -0.39 is 27.5 Å². The zero-order chi connectivity index (χ0) is 24.1. The predicted octanol–water partition coefficient (Wildman–Crippen LogP) is 4.54. The van der Waals surface area contributed by atoms with Gasteiger partial charge in [0.25, 0.3) is 0 Å². The molecule has 1 aliphatic heterocycles. The number of nitrogens with zero attached hydrogens (tertiary/aromatic N) is 3. The smallest absolute Gasteiger partial charge is 0.264 e. The van der Waals surface area contributed by atoms with Crippen molar-refractivity contribution in [1.29, 1.82) is 0 Å². The molecule has 3 aromatic rings. The Balaban J connectivity index is 1.94. The standard InChI is InChI=1S/C21H16Cl2F3N3O3S/c1-33(31,32)28-9-8-18-15(11-28)19(12-2-4-13(5-3-12)21(24,25)26)27-20(30)29(18)14-6-7-16(22)17(23)10-14/h2-7,10H,8-9,11H2,1H3. The Hall–Kier alpha value is -2.40. The summed E-state index contributed by atoms with van der Waals surface area (Å²) in [5, 5.41) is 0.509. The van der Waals surface area contributed by atoms with Crippen LogP contribution in [0.2, 0.25) is 10.0 Å². The van der Waals surface area contributed by atoms with Crippen LogP contribution in [0.15, 0.2) is 47.3 Å². The summed E-state index contributed by atoms with van der Waals surface area (Å²) in [6.07, 6.45) is -3.26. The molecule has 0 radical (unpaired) electrons. The van der Waals surface area contributed by atoms with Gasteiger partial charge in [0.15, 0.2) is 0 Å². The van der Waals surface area contributed by atoms with Crippen LogP contribution in [-0.4, -0.2) is 35.1 Å². The van der Waals surface area contributed by atoms with Crippen LogP contribution in [0.3, 0.4) is 0 Å². The fraction of sp³-hybridized carbons (Fsp3) is 0.238. The van der Waals surface area contributed by atoms with Crippen LogP contribution in [0.25, 0.3) is 16.9 Å². The molecule has 0 amide bonds. The molecule has 2 aromatic carbocycles. The van der Waals surface area contributed by atoms with Crippen LogP contribution in [0.5, 0.6) is 0 Å². The third-order valence-corrected chi connectivity index (χ3v) is 7.34. The summed E-state index contributed by atoms with van der Waals surface area (Å²) >= 11 is 12.1. The van der Waals surface area contributed by atoms with Gasteiger partial charge in [-0.1, -0.05) is 35.3 Å². The fourth-order valence-electron chi connectivity index (χ4n) is 3.74. The van der Waals surface area contributed by atoms with Gasteiger partial charge in [-0.25, -0.2) is 13.2 Å². The Labute approximate surface area is 197 Å². The summed E-state index contributed by atoms with van der Waals surface area (Å²) < 4.78 is 65.9. The first-order valence-corrected chi connectivity index (χ1v) is 12.2. The van der Waals surface area contributed by atoms with E-state index in [2.05, 4.69) is 4.98 Å². The largest absolute Gasteiger partial charge is 0.416 e. The highest BCUT2D eigenvalue weighted by molar-refractivity contribution is 7.88. The quantitative estimate of drug-likeness (QED) is 0.511. The molecule has 174 valence electrons. The topological polar surface area (TPSA) is 72.3 Å². The molecule has 0 atom stereocenters. The first-order chi connectivity index (χ1) is 15.4. The minimum Gasteiger partial charge on any atom is -0.264 e. The fourth-order valence-corrected chi connectivity index (χ4v) is 4.82. The Kier molecular flexibility index (Phi) is 6.06. The maximum atomic E-state index is 13.1. The summed E-state index contributed by atoms with van der Waals surface area (Å²) in [5.41, 5.74) is 0.212. The van der Waals surface area contributed by atoms with Crippen molar-refractivity contribution in [2.45, 2.75) is 19.1 Å². The molecule has 6 nitrogen and oxygen atoms in total.